The van der Waals surface area contributed by atoms with Crippen LogP contribution in [-0.4, -0.2) is 71.2 Å². The molecule has 2 fully saturated rings. The molecule has 4 rings (SSSR count). The standard InChI is InChI=1S/C22H28BrN5O5S/c1-13(2)19(26-22(30)33-3)21(29)28-12-27(34(31,32)16-8-9-16)11-18(28)20-24-10-17(25-20)14-4-6-15(23)7-5-14/h4-7,10,13,16,18-19H,8-9,11-12H2,1-3H3,(H,24,25)(H,26,30)/t18-,19-/m0/s1. The Hall–Kier alpha value is -2.44. The van der Waals surface area contributed by atoms with Crippen LogP contribution in [-0.2, 0) is 19.6 Å². The van der Waals surface area contributed by atoms with Crippen LogP contribution in [0.5, 0.6) is 0 Å². The molecule has 2 atom stereocenters. The number of hydrogen-bond donors (Lipinski definition) is 2. The fourth-order valence-electron chi connectivity index (χ4n) is 3.99. The lowest BCUT2D eigenvalue weighted by molar-refractivity contribution is -0.135. The molecule has 2 N–H and O–H groups in total. The molecule has 1 aliphatic heterocycles. The van der Waals surface area contributed by atoms with Crippen LogP contribution >= 0.6 is 15.9 Å². The van der Waals surface area contributed by atoms with Crippen LogP contribution < -0.4 is 5.32 Å². The second-order valence-corrected chi connectivity index (χ2v) is 12.0. The van der Waals surface area contributed by atoms with Gasteiger partial charge in [-0.05, 0) is 30.9 Å². The number of hydrogen-bond acceptors (Lipinski definition) is 6. The molecule has 10 nitrogen and oxygen atoms in total. The molecular formula is C22H28BrN5O5S. The Kier molecular flexibility index (Phi) is 7.02. The van der Waals surface area contributed by atoms with Crippen LogP contribution in [0.3, 0.4) is 0 Å². The van der Waals surface area contributed by atoms with Gasteiger partial charge in [0.25, 0.3) is 0 Å². The summed E-state index contributed by atoms with van der Waals surface area (Å²) in [6.07, 6.45) is 2.28. The number of H-pyrrole nitrogens is 1. The van der Waals surface area contributed by atoms with Crippen LogP contribution in [0.2, 0.25) is 0 Å². The Morgan fingerprint density at radius 3 is 2.50 bits per heavy atom. The summed E-state index contributed by atoms with van der Waals surface area (Å²) in [5.74, 6) is -0.142. The first kappa shape index (κ1) is 24.7. The van der Waals surface area contributed by atoms with E-state index in [0.29, 0.717) is 24.4 Å². The van der Waals surface area contributed by atoms with E-state index in [1.54, 1.807) is 20.0 Å². The summed E-state index contributed by atoms with van der Waals surface area (Å²) in [6, 6.07) is 6.15. The summed E-state index contributed by atoms with van der Waals surface area (Å²) in [5.41, 5.74) is 1.57. The molecule has 0 spiro atoms. The number of sulfonamides is 1. The first-order valence-electron chi connectivity index (χ1n) is 11.1. The van der Waals surface area contributed by atoms with Crippen molar-refractivity contribution >= 4 is 38.0 Å². The summed E-state index contributed by atoms with van der Waals surface area (Å²) in [7, 11) is -2.29. The lowest BCUT2D eigenvalue weighted by atomic mass is 10.0. The Morgan fingerprint density at radius 2 is 1.91 bits per heavy atom. The molecule has 1 aromatic heterocycles. The molecule has 34 heavy (non-hydrogen) atoms. The van der Waals surface area contributed by atoms with Crippen molar-refractivity contribution in [3.8, 4) is 11.3 Å². The molecule has 1 saturated heterocycles. The monoisotopic (exact) mass is 553 g/mol. The molecule has 1 saturated carbocycles. The van der Waals surface area contributed by atoms with Gasteiger partial charge in [-0.25, -0.2) is 18.2 Å². The third-order valence-corrected chi connectivity index (χ3v) is 8.92. The molecule has 184 valence electrons. The predicted molar refractivity (Wildman–Crippen MR) is 129 cm³/mol. The third-order valence-electron chi connectivity index (χ3n) is 6.10. The van der Waals surface area contributed by atoms with Gasteiger partial charge in [-0.3, -0.25) is 4.79 Å². The Bertz CT molecular complexity index is 1160. The van der Waals surface area contributed by atoms with Crippen molar-refractivity contribution in [3.63, 3.8) is 0 Å². The molecule has 1 aliphatic carbocycles. The van der Waals surface area contributed by atoms with Crippen molar-refractivity contribution in [1.82, 2.24) is 24.5 Å². The van der Waals surface area contributed by atoms with E-state index in [1.165, 1.54) is 16.3 Å². The van der Waals surface area contributed by atoms with Crippen LogP contribution in [0, 0.1) is 5.92 Å². The van der Waals surface area contributed by atoms with Gasteiger partial charge < -0.3 is 19.9 Å². The van der Waals surface area contributed by atoms with Crippen molar-refractivity contribution in [1.29, 1.82) is 0 Å². The Morgan fingerprint density at radius 1 is 1.24 bits per heavy atom. The van der Waals surface area contributed by atoms with Crippen LogP contribution in [0.4, 0.5) is 4.79 Å². The van der Waals surface area contributed by atoms with Gasteiger partial charge in [-0.2, -0.15) is 4.31 Å². The van der Waals surface area contributed by atoms with Gasteiger partial charge in [0.15, 0.2) is 0 Å². The van der Waals surface area contributed by atoms with Crippen LogP contribution in [0.15, 0.2) is 34.9 Å². The van der Waals surface area contributed by atoms with Crippen molar-refractivity contribution < 1.29 is 22.7 Å². The maximum atomic E-state index is 13.6. The van der Waals surface area contributed by atoms with Crippen molar-refractivity contribution in [2.45, 2.75) is 44.0 Å². The van der Waals surface area contributed by atoms with E-state index < -0.39 is 33.5 Å². The fraction of sp³-hybridized carbons (Fsp3) is 0.500. The van der Waals surface area contributed by atoms with Gasteiger partial charge in [0.2, 0.25) is 15.9 Å². The lowest BCUT2D eigenvalue weighted by Crippen LogP contribution is -2.51. The lowest BCUT2D eigenvalue weighted by Gasteiger charge is -2.29. The minimum Gasteiger partial charge on any atom is -0.453 e. The van der Waals surface area contributed by atoms with Crippen molar-refractivity contribution in [2.75, 3.05) is 20.3 Å². The second-order valence-electron chi connectivity index (χ2n) is 8.88. The number of carbonyl (C=O) groups excluding carboxylic acids is 2. The molecule has 2 aromatic rings. The number of methoxy groups -OCH3 is 1. The second kappa shape index (κ2) is 9.67. The smallest absolute Gasteiger partial charge is 0.407 e. The zero-order chi connectivity index (χ0) is 24.6. The molecule has 1 aromatic carbocycles. The highest BCUT2D eigenvalue weighted by atomic mass is 79.9. The molecule has 12 heteroatoms. The Labute approximate surface area is 207 Å². The largest absolute Gasteiger partial charge is 0.453 e. The number of nitrogens with zero attached hydrogens (tertiary/aromatic N) is 3. The molecule has 2 heterocycles. The first-order chi connectivity index (χ1) is 16.1. The number of carbonyl (C=O) groups is 2. The van der Waals surface area contributed by atoms with E-state index in [-0.39, 0.29) is 25.0 Å². The maximum absolute atomic E-state index is 13.6. The number of halogens is 1. The molecular weight excluding hydrogens is 526 g/mol. The van der Waals surface area contributed by atoms with Gasteiger partial charge in [-0.1, -0.05) is 41.9 Å². The molecule has 0 radical (unpaired) electrons. The number of aromatic nitrogens is 2. The maximum Gasteiger partial charge on any atom is 0.407 e. The molecule has 2 aliphatic rings. The van der Waals surface area contributed by atoms with E-state index in [1.807, 2.05) is 24.3 Å². The average Bonchev–Trinajstić information content (AvgIpc) is 3.39. The number of imidazole rings is 1. The summed E-state index contributed by atoms with van der Waals surface area (Å²) < 4.78 is 33.0. The van der Waals surface area contributed by atoms with E-state index in [9.17, 15) is 18.0 Å². The number of alkyl carbamates (subject to hydrolysis) is 1. The van der Waals surface area contributed by atoms with Gasteiger partial charge in [-0.15, -0.1) is 0 Å². The number of aromatic amines is 1. The van der Waals surface area contributed by atoms with Crippen molar-refractivity contribution in [2.24, 2.45) is 5.92 Å². The highest BCUT2D eigenvalue weighted by molar-refractivity contribution is 9.10. The minimum atomic E-state index is -3.52. The summed E-state index contributed by atoms with van der Waals surface area (Å²) in [6.45, 7) is 3.62. The minimum absolute atomic E-state index is 0.0945. The SMILES string of the molecule is COC(=O)N[C@H](C(=O)N1CN(S(=O)(=O)C2CC2)C[C@H]1c1nc(-c2ccc(Br)cc2)c[nH]1)C(C)C. The van der Waals surface area contributed by atoms with Gasteiger partial charge >= 0.3 is 6.09 Å². The summed E-state index contributed by atoms with van der Waals surface area (Å²) in [4.78, 5) is 34.7. The number of nitrogens with one attached hydrogen (secondary N) is 2. The van der Waals surface area contributed by atoms with Gasteiger partial charge in [0, 0.05) is 22.8 Å². The van der Waals surface area contributed by atoms with Crippen molar-refractivity contribution in [3.05, 3.63) is 40.8 Å². The fourth-order valence-corrected chi connectivity index (χ4v) is 6.04. The van der Waals surface area contributed by atoms with Gasteiger partial charge in [0.05, 0.1) is 24.7 Å². The number of amides is 2. The van der Waals surface area contributed by atoms with Crippen LogP contribution in [0.1, 0.15) is 38.6 Å². The van der Waals surface area contributed by atoms with E-state index in [0.717, 1.165) is 10.0 Å². The number of ether oxygens (including phenoxy) is 1. The highest BCUT2D eigenvalue weighted by Gasteiger charge is 2.48. The Balaban J connectivity index is 1.65. The molecule has 2 amide bonds. The topological polar surface area (TPSA) is 125 Å². The van der Waals surface area contributed by atoms with Crippen LogP contribution in [0.25, 0.3) is 11.3 Å². The normalized spacial score (nSPS) is 19.9. The zero-order valence-corrected chi connectivity index (χ0v) is 21.6. The van der Waals surface area contributed by atoms with E-state index in [2.05, 4.69) is 36.0 Å². The van der Waals surface area contributed by atoms with Gasteiger partial charge in [0.1, 0.15) is 17.9 Å². The average molecular weight is 554 g/mol. The van der Waals surface area contributed by atoms with E-state index in [4.69, 9.17) is 0 Å². The summed E-state index contributed by atoms with van der Waals surface area (Å²) >= 11 is 3.42. The predicted octanol–water partition coefficient (Wildman–Crippen LogP) is 2.85. The molecule has 0 unspecified atom stereocenters. The third kappa shape index (κ3) is 4.98. The quantitative estimate of drug-likeness (QED) is 0.543. The zero-order valence-electron chi connectivity index (χ0n) is 19.2. The van der Waals surface area contributed by atoms with E-state index >= 15 is 0 Å². The summed E-state index contributed by atoms with van der Waals surface area (Å²) in [5, 5.41) is 2.19. The number of rotatable bonds is 7. The first-order valence-corrected chi connectivity index (χ1v) is 13.4. The number of benzene rings is 1. The molecule has 0 bridgehead atoms. The highest BCUT2D eigenvalue weighted by Crippen LogP contribution is 2.37.